The predicted octanol–water partition coefficient (Wildman–Crippen LogP) is 5.39. The maximum Gasteiger partial charge on any atom is 0.224 e. The lowest BCUT2D eigenvalue weighted by Gasteiger charge is -2.07. The molecule has 5 heteroatoms. The lowest BCUT2D eigenvalue weighted by atomic mass is 10.1. The second kappa shape index (κ2) is 6.13. The number of hydrogen-bond acceptors (Lipinski definition) is 3. The molecule has 2 aromatic carbocycles. The highest BCUT2D eigenvalue weighted by Crippen LogP contribution is 2.31. The van der Waals surface area contributed by atoms with Crippen LogP contribution in [0.5, 0.6) is 0 Å². The third-order valence-corrected chi connectivity index (χ3v) is 4.30. The number of aryl methyl sites for hydroxylation is 1. The molecule has 0 spiro atoms. The fourth-order valence-corrected chi connectivity index (χ4v) is 3.30. The van der Waals surface area contributed by atoms with E-state index in [1.165, 1.54) is 21.8 Å². The molecule has 2 aromatic heterocycles. The van der Waals surface area contributed by atoms with Gasteiger partial charge in [0.15, 0.2) is 0 Å². The van der Waals surface area contributed by atoms with Crippen LogP contribution in [0.15, 0.2) is 54.7 Å². The molecule has 4 nitrogen and oxygen atoms in total. The van der Waals surface area contributed by atoms with E-state index in [0.717, 1.165) is 18.7 Å². The van der Waals surface area contributed by atoms with Crippen LogP contribution in [-0.2, 0) is 6.54 Å². The summed E-state index contributed by atoms with van der Waals surface area (Å²) in [5.41, 5.74) is 3.51. The second-order valence-corrected chi connectivity index (χ2v) is 6.07. The summed E-state index contributed by atoms with van der Waals surface area (Å²) >= 11 is 5.86. The van der Waals surface area contributed by atoms with Gasteiger partial charge in [-0.05, 0) is 48.4 Å². The maximum atomic E-state index is 5.86. The number of nitrogens with zero attached hydrogens (tertiary/aromatic N) is 3. The van der Waals surface area contributed by atoms with E-state index in [2.05, 4.69) is 69.2 Å². The van der Waals surface area contributed by atoms with Crippen molar-refractivity contribution in [3.63, 3.8) is 0 Å². The summed E-state index contributed by atoms with van der Waals surface area (Å²) in [6.07, 6.45) is 2.75. The van der Waals surface area contributed by atoms with Crippen LogP contribution < -0.4 is 5.32 Å². The third-order valence-electron chi connectivity index (χ3n) is 4.12. The SMILES string of the molecule is CCCn1c2ccccc2c2cc(Nc3ccnc(Cl)n3)ccc21. The summed E-state index contributed by atoms with van der Waals surface area (Å²) in [6, 6.07) is 16.7. The molecular formula is C19H17ClN4. The van der Waals surface area contributed by atoms with E-state index in [1.807, 2.05) is 0 Å². The molecule has 0 bridgehead atoms. The van der Waals surface area contributed by atoms with Crippen LogP contribution in [0, 0.1) is 0 Å². The first-order chi connectivity index (χ1) is 11.8. The van der Waals surface area contributed by atoms with Crippen molar-refractivity contribution in [2.75, 3.05) is 5.32 Å². The average Bonchev–Trinajstić information content (AvgIpc) is 2.89. The van der Waals surface area contributed by atoms with Crippen molar-refractivity contribution in [1.29, 1.82) is 0 Å². The number of nitrogens with one attached hydrogen (secondary N) is 1. The Hall–Kier alpha value is -2.59. The largest absolute Gasteiger partial charge is 0.340 e. The first kappa shape index (κ1) is 15.0. The minimum absolute atomic E-state index is 0.237. The van der Waals surface area contributed by atoms with Gasteiger partial charge in [0.05, 0.1) is 0 Å². The smallest absolute Gasteiger partial charge is 0.224 e. The Morgan fingerprint density at radius 1 is 1.04 bits per heavy atom. The van der Waals surface area contributed by atoms with Gasteiger partial charge in [-0.3, -0.25) is 0 Å². The molecule has 120 valence electrons. The highest BCUT2D eigenvalue weighted by molar-refractivity contribution is 6.28. The van der Waals surface area contributed by atoms with E-state index >= 15 is 0 Å². The maximum absolute atomic E-state index is 5.86. The Bertz CT molecular complexity index is 1020. The zero-order valence-corrected chi connectivity index (χ0v) is 14.1. The number of anilines is 2. The lowest BCUT2D eigenvalue weighted by molar-refractivity contribution is 0.724. The van der Waals surface area contributed by atoms with Gasteiger partial charge in [0, 0.05) is 40.2 Å². The van der Waals surface area contributed by atoms with Gasteiger partial charge in [-0.15, -0.1) is 0 Å². The van der Waals surface area contributed by atoms with Crippen molar-refractivity contribution in [3.8, 4) is 0 Å². The Balaban J connectivity index is 1.84. The van der Waals surface area contributed by atoms with Crippen LogP contribution in [0.3, 0.4) is 0 Å². The number of para-hydroxylation sites is 1. The highest BCUT2D eigenvalue weighted by atomic mass is 35.5. The summed E-state index contributed by atoms with van der Waals surface area (Å²) in [4.78, 5) is 8.09. The number of aromatic nitrogens is 3. The Morgan fingerprint density at radius 2 is 1.88 bits per heavy atom. The molecule has 0 aliphatic carbocycles. The summed E-state index contributed by atoms with van der Waals surface area (Å²) in [5, 5.41) is 6.04. The summed E-state index contributed by atoms with van der Waals surface area (Å²) in [7, 11) is 0. The number of benzene rings is 2. The second-order valence-electron chi connectivity index (χ2n) is 5.74. The van der Waals surface area contributed by atoms with Crippen molar-refractivity contribution in [2.45, 2.75) is 19.9 Å². The molecule has 0 fully saturated rings. The summed E-state index contributed by atoms with van der Waals surface area (Å²) in [6.45, 7) is 3.22. The molecule has 24 heavy (non-hydrogen) atoms. The van der Waals surface area contributed by atoms with Crippen LogP contribution in [0.1, 0.15) is 13.3 Å². The van der Waals surface area contributed by atoms with Crippen molar-refractivity contribution < 1.29 is 0 Å². The molecule has 4 rings (SSSR count). The van der Waals surface area contributed by atoms with E-state index in [4.69, 9.17) is 11.6 Å². The lowest BCUT2D eigenvalue weighted by Crippen LogP contribution is -1.96. The number of rotatable bonds is 4. The zero-order chi connectivity index (χ0) is 16.5. The van der Waals surface area contributed by atoms with Crippen molar-refractivity contribution in [1.82, 2.24) is 14.5 Å². The van der Waals surface area contributed by atoms with Gasteiger partial charge in [0.1, 0.15) is 5.82 Å². The van der Waals surface area contributed by atoms with Crippen LogP contribution in [0.2, 0.25) is 5.28 Å². The number of hydrogen-bond donors (Lipinski definition) is 1. The van der Waals surface area contributed by atoms with Gasteiger partial charge in [0.25, 0.3) is 0 Å². The molecule has 0 amide bonds. The van der Waals surface area contributed by atoms with Crippen LogP contribution in [-0.4, -0.2) is 14.5 Å². The van der Waals surface area contributed by atoms with E-state index < -0.39 is 0 Å². The van der Waals surface area contributed by atoms with E-state index in [1.54, 1.807) is 12.3 Å². The molecule has 2 heterocycles. The molecule has 0 radical (unpaired) electrons. The van der Waals surface area contributed by atoms with Crippen LogP contribution in [0.25, 0.3) is 21.8 Å². The summed E-state index contributed by atoms with van der Waals surface area (Å²) in [5.74, 6) is 0.687. The third kappa shape index (κ3) is 2.59. The van der Waals surface area contributed by atoms with E-state index in [0.29, 0.717) is 5.82 Å². The fraction of sp³-hybridized carbons (Fsp3) is 0.158. The summed E-state index contributed by atoms with van der Waals surface area (Å²) < 4.78 is 2.38. The molecule has 0 saturated carbocycles. The normalized spacial score (nSPS) is 11.2. The standard InChI is InChI=1S/C19H17ClN4/c1-2-11-24-16-6-4-3-5-14(16)15-12-13(7-8-17(15)24)22-18-9-10-21-19(20)23-18/h3-10,12H,2,11H2,1H3,(H,21,22,23). The predicted molar refractivity (Wildman–Crippen MR) is 100 cm³/mol. The fourth-order valence-electron chi connectivity index (χ4n) is 3.15. The Kier molecular flexibility index (Phi) is 3.82. The molecule has 0 aliphatic rings. The van der Waals surface area contributed by atoms with E-state index in [9.17, 15) is 0 Å². The van der Waals surface area contributed by atoms with Gasteiger partial charge in [-0.1, -0.05) is 25.1 Å². The zero-order valence-electron chi connectivity index (χ0n) is 13.3. The number of halogens is 1. The molecule has 0 unspecified atom stereocenters. The molecule has 0 saturated heterocycles. The van der Waals surface area contributed by atoms with Gasteiger partial charge in [-0.2, -0.15) is 0 Å². The molecule has 0 aliphatic heterocycles. The van der Waals surface area contributed by atoms with Gasteiger partial charge < -0.3 is 9.88 Å². The van der Waals surface area contributed by atoms with Crippen molar-refractivity contribution in [2.24, 2.45) is 0 Å². The first-order valence-corrected chi connectivity index (χ1v) is 8.40. The molecular weight excluding hydrogens is 320 g/mol. The van der Waals surface area contributed by atoms with Gasteiger partial charge in [0.2, 0.25) is 5.28 Å². The van der Waals surface area contributed by atoms with Crippen LogP contribution >= 0.6 is 11.6 Å². The minimum atomic E-state index is 0.237. The average molecular weight is 337 g/mol. The topological polar surface area (TPSA) is 42.7 Å². The van der Waals surface area contributed by atoms with Gasteiger partial charge in [-0.25, -0.2) is 9.97 Å². The minimum Gasteiger partial charge on any atom is -0.340 e. The molecule has 1 N–H and O–H groups in total. The quantitative estimate of drug-likeness (QED) is 0.508. The van der Waals surface area contributed by atoms with Crippen molar-refractivity contribution >= 4 is 44.9 Å². The molecule has 0 atom stereocenters. The molecule has 4 aromatic rings. The highest BCUT2D eigenvalue weighted by Gasteiger charge is 2.10. The van der Waals surface area contributed by atoms with E-state index in [-0.39, 0.29) is 5.28 Å². The first-order valence-electron chi connectivity index (χ1n) is 8.03. The number of fused-ring (bicyclic) bond motifs is 3. The van der Waals surface area contributed by atoms with Crippen LogP contribution in [0.4, 0.5) is 11.5 Å². The Morgan fingerprint density at radius 3 is 2.71 bits per heavy atom. The van der Waals surface area contributed by atoms with Crippen molar-refractivity contribution in [3.05, 3.63) is 60.0 Å². The Labute approximate surface area is 145 Å². The van der Waals surface area contributed by atoms with Gasteiger partial charge >= 0.3 is 0 Å². The monoisotopic (exact) mass is 336 g/mol.